The van der Waals surface area contributed by atoms with Crippen molar-refractivity contribution in [3.05, 3.63) is 0 Å². The van der Waals surface area contributed by atoms with Crippen LogP contribution in [0.4, 0.5) is 0 Å². The van der Waals surface area contributed by atoms with Gasteiger partial charge >= 0.3 is 0 Å². The Hall–Kier alpha value is -1.01. The van der Waals surface area contributed by atoms with Gasteiger partial charge in [0.15, 0.2) is 0 Å². The van der Waals surface area contributed by atoms with Gasteiger partial charge in [0.25, 0.3) is 0 Å². The minimum atomic E-state index is -0.320. The van der Waals surface area contributed by atoms with Crippen LogP contribution >= 0.6 is 0 Å². The summed E-state index contributed by atoms with van der Waals surface area (Å²) in [6.45, 7) is 0.979. The molecule has 1 aliphatic rings. The predicted octanol–water partition coefficient (Wildman–Crippen LogP) is -0.0852. The Morgan fingerprint density at radius 1 is 1.82 bits per heavy atom. The molecule has 0 aliphatic carbocycles. The minimum Gasteiger partial charge on any atom is -0.356 e. The number of piperidine rings is 1. The summed E-state index contributed by atoms with van der Waals surface area (Å²) in [4.78, 5) is 11.0. The van der Waals surface area contributed by atoms with Crippen molar-refractivity contribution in [1.82, 2.24) is 5.32 Å². The van der Waals surface area contributed by atoms with Gasteiger partial charge in [-0.05, 0) is 12.8 Å². The summed E-state index contributed by atoms with van der Waals surface area (Å²) in [5, 5.41) is 2.71. The molecule has 3 nitrogen and oxygen atoms in total. The van der Waals surface area contributed by atoms with E-state index in [2.05, 4.69) is 11.2 Å². The zero-order valence-corrected chi connectivity index (χ0v) is 6.30. The van der Waals surface area contributed by atoms with E-state index in [4.69, 9.17) is 11.2 Å². The largest absolute Gasteiger partial charge is 0.356 e. The molecule has 0 aromatic rings. The molecule has 1 aliphatic heterocycles. The van der Waals surface area contributed by atoms with E-state index in [1.807, 2.05) is 0 Å². The minimum absolute atomic E-state index is 0.0356. The maximum absolute atomic E-state index is 11.0. The summed E-state index contributed by atoms with van der Waals surface area (Å²) in [6, 6.07) is 0. The summed E-state index contributed by atoms with van der Waals surface area (Å²) in [6.07, 6.45) is 6.42. The molecule has 0 aromatic carbocycles. The fourth-order valence-corrected chi connectivity index (χ4v) is 1.05. The quantitative estimate of drug-likeness (QED) is 0.563. The molecule has 1 fully saturated rings. The van der Waals surface area contributed by atoms with Gasteiger partial charge in [0.05, 0.1) is 0 Å². The highest BCUT2D eigenvalue weighted by atomic mass is 16.5. The molecule has 3 heteroatoms. The lowest BCUT2D eigenvalue weighted by molar-refractivity contribution is -0.134. The van der Waals surface area contributed by atoms with Gasteiger partial charge < -0.3 is 10.1 Å². The predicted molar refractivity (Wildman–Crippen MR) is 40.8 cm³/mol. The molecule has 0 aromatic heterocycles. The van der Waals surface area contributed by atoms with Crippen molar-refractivity contribution in [2.75, 3.05) is 13.2 Å². The molecule has 1 saturated heterocycles. The molecule has 1 unspecified atom stereocenters. The summed E-state index contributed by atoms with van der Waals surface area (Å²) in [7, 11) is 0. The third-order valence-corrected chi connectivity index (χ3v) is 1.60. The van der Waals surface area contributed by atoms with Crippen molar-refractivity contribution in [3.8, 4) is 12.3 Å². The van der Waals surface area contributed by atoms with Crippen LogP contribution in [0.2, 0.25) is 0 Å². The van der Waals surface area contributed by atoms with Crippen molar-refractivity contribution in [1.29, 1.82) is 0 Å². The first-order chi connectivity index (χ1) is 5.34. The van der Waals surface area contributed by atoms with E-state index < -0.39 is 0 Å². The molecule has 1 heterocycles. The van der Waals surface area contributed by atoms with Crippen molar-refractivity contribution in [3.63, 3.8) is 0 Å². The second-order valence-electron chi connectivity index (χ2n) is 2.44. The molecule has 0 bridgehead atoms. The maximum Gasteiger partial charge on any atom is 0.249 e. The Labute approximate surface area is 66.1 Å². The molecule has 1 amide bonds. The monoisotopic (exact) mass is 153 g/mol. The highest BCUT2D eigenvalue weighted by Gasteiger charge is 2.21. The van der Waals surface area contributed by atoms with E-state index >= 15 is 0 Å². The topological polar surface area (TPSA) is 38.3 Å². The SMILES string of the molecule is C#CCOC1CCCNC1=O. The first kappa shape index (κ1) is 8.09. The second kappa shape index (κ2) is 3.99. The second-order valence-corrected chi connectivity index (χ2v) is 2.44. The number of carbonyl (C=O) groups excluding carboxylic acids is 1. The van der Waals surface area contributed by atoms with Crippen molar-refractivity contribution in [2.45, 2.75) is 18.9 Å². The molecule has 11 heavy (non-hydrogen) atoms. The highest BCUT2D eigenvalue weighted by Crippen LogP contribution is 2.06. The van der Waals surface area contributed by atoms with Gasteiger partial charge in [-0.25, -0.2) is 0 Å². The van der Waals surface area contributed by atoms with E-state index in [0.29, 0.717) is 0 Å². The Bertz CT molecular complexity index is 183. The van der Waals surface area contributed by atoms with Crippen LogP contribution in [0.15, 0.2) is 0 Å². The average molecular weight is 153 g/mol. The Kier molecular flexibility index (Phi) is 2.94. The Morgan fingerprint density at radius 3 is 3.27 bits per heavy atom. The first-order valence-corrected chi connectivity index (χ1v) is 3.67. The Balaban J connectivity index is 2.31. The van der Waals surface area contributed by atoms with E-state index in [9.17, 15) is 4.79 Å². The van der Waals surface area contributed by atoms with E-state index in [1.54, 1.807) is 0 Å². The van der Waals surface area contributed by atoms with Crippen molar-refractivity contribution >= 4 is 5.91 Å². The molecule has 1 rings (SSSR count). The molecule has 1 atom stereocenters. The lowest BCUT2D eigenvalue weighted by Gasteiger charge is -2.20. The third kappa shape index (κ3) is 2.24. The van der Waals surface area contributed by atoms with Crippen LogP contribution in [0.25, 0.3) is 0 Å². The summed E-state index contributed by atoms with van der Waals surface area (Å²) >= 11 is 0. The smallest absolute Gasteiger partial charge is 0.249 e. The van der Waals surface area contributed by atoms with Gasteiger partial charge in [-0.3, -0.25) is 4.79 Å². The maximum atomic E-state index is 11.0. The number of rotatable bonds is 2. The van der Waals surface area contributed by atoms with Gasteiger partial charge in [-0.15, -0.1) is 6.42 Å². The van der Waals surface area contributed by atoms with Crippen molar-refractivity contribution < 1.29 is 9.53 Å². The van der Waals surface area contributed by atoms with Gasteiger partial charge in [-0.1, -0.05) is 5.92 Å². The standard InChI is InChI=1S/C8H11NO2/c1-2-6-11-7-4-3-5-9-8(7)10/h1,7H,3-6H2,(H,9,10). The number of hydrogen-bond acceptors (Lipinski definition) is 2. The van der Waals surface area contributed by atoms with Crippen LogP contribution in [0.5, 0.6) is 0 Å². The number of amides is 1. The highest BCUT2D eigenvalue weighted by molar-refractivity contribution is 5.81. The van der Waals surface area contributed by atoms with Gasteiger partial charge in [-0.2, -0.15) is 0 Å². The average Bonchev–Trinajstić information content (AvgIpc) is 2.03. The summed E-state index contributed by atoms with van der Waals surface area (Å²) in [5.41, 5.74) is 0. The fourth-order valence-electron chi connectivity index (χ4n) is 1.05. The van der Waals surface area contributed by atoms with E-state index in [-0.39, 0.29) is 18.6 Å². The zero-order valence-electron chi connectivity index (χ0n) is 6.30. The van der Waals surface area contributed by atoms with E-state index in [0.717, 1.165) is 19.4 Å². The fraction of sp³-hybridized carbons (Fsp3) is 0.625. The summed E-state index contributed by atoms with van der Waals surface area (Å²) in [5.74, 6) is 2.30. The molecule has 1 N–H and O–H groups in total. The molecule has 0 radical (unpaired) electrons. The molecule has 0 spiro atoms. The first-order valence-electron chi connectivity index (χ1n) is 3.67. The lowest BCUT2D eigenvalue weighted by Crippen LogP contribution is -2.41. The third-order valence-electron chi connectivity index (χ3n) is 1.60. The van der Waals surface area contributed by atoms with Crippen LogP contribution in [0, 0.1) is 12.3 Å². The van der Waals surface area contributed by atoms with Crippen LogP contribution in [0.1, 0.15) is 12.8 Å². The zero-order chi connectivity index (χ0) is 8.10. The van der Waals surface area contributed by atoms with Crippen LogP contribution in [-0.4, -0.2) is 25.2 Å². The molecule has 0 saturated carbocycles. The van der Waals surface area contributed by atoms with Gasteiger partial charge in [0.2, 0.25) is 5.91 Å². The number of carbonyl (C=O) groups is 1. The molecular formula is C8H11NO2. The molecule has 60 valence electrons. The number of terminal acetylenes is 1. The van der Waals surface area contributed by atoms with Crippen LogP contribution in [-0.2, 0) is 9.53 Å². The van der Waals surface area contributed by atoms with Gasteiger partial charge in [0, 0.05) is 6.54 Å². The van der Waals surface area contributed by atoms with Crippen molar-refractivity contribution in [2.24, 2.45) is 0 Å². The normalized spacial score (nSPS) is 23.9. The van der Waals surface area contributed by atoms with Gasteiger partial charge in [0.1, 0.15) is 12.7 Å². The Morgan fingerprint density at radius 2 is 2.64 bits per heavy atom. The number of ether oxygens (including phenoxy) is 1. The number of nitrogens with one attached hydrogen (secondary N) is 1. The number of hydrogen-bond donors (Lipinski definition) is 1. The lowest BCUT2D eigenvalue weighted by atomic mass is 10.1. The van der Waals surface area contributed by atoms with Crippen LogP contribution < -0.4 is 5.32 Å². The molecular weight excluding hydrogens is 142 g/mol. The van der Waals surface area contributed by atoms with E-state index in [1.165, 1.54) is 0 Å². The summed E-state index contributed by atoms with van der Waals surface area (Å²) < 4.78 is 5.10. The van der Waals surface area contributed by atoms with Crippen LogP contribution in [0.3, 0.4) is 0 Å².